The minimum absolute atomic E-state index is 0.0440. The van der Waals surface area contributed by atoms with Gasteiger partial charge in [0.15, 0.2) is 15.1 Å². The predicted octanol–water partition coefficient (Wildman–Crippen LogP) is 2.33. The first-order valence-electron chi connectivity index (χ1n) is 5.98. The standard InChI is InChI=1S/C11H14ClN3O2S2/c1-7-5-8(7)6-14(2)19(16,17)10-9(12)13-11-15(10)3-4-18-11/h3-4,7-8H,5-6H2,1-2H3. The number of nitrogens with zero attached hydrogens (tertiary/aromatic N) is 3. The van der Waals surface area contributed by atoms with Crippen LogP contribution in [-0.4, -0.2) is 35.7 Å². The molecule has 0 radical (unpaired) electrons. The second kappa shape index (κ2) is 4.44. The van der Waals surface area contributed by atoms with Gasteiger partial charge in [-0.05, 0) is 18.3 Å². The fourth-order valence-electron chi connectivity index (χ4n) is 2.20. The highest BCUT2D eigenvalue weighted by molar-refractivity contribution is 7.89. The summed E-state index contributed by atoms with van der Waals surface area (Å²) in [5.74, 6) is 1.07. The molecule has 0 amide bonds. The van der Waals surface area contributed by atoms with Crippen molar-refractivity contribution in [1.29, 1.82) is 0 Å². The van der Waals surface area contributed by atoms with E-state index >= 15 is 0 Å². The molecule has 0 N–H and O–H groups in total. The lowest BCUT2D eigenvalue weighted by Crippen LogP contribution is -2.30. The highest BCUT2D eigenvalue weighted by Crippen LogP contribution is 2.39. The minimum atomic E-state index is -3.59. The third-order valence-electron chi connectivity index (χ3n) is 3.60. The summed E-state index contributed by atoms with van der Waals surface area (Å²) in [4.78, 5) is 4.67. The molecule has 1 fully saturated rings. The molecule has 5 nitrogen and oxygen atoms in total. The number of halogens is 1. The summed E-state index contributed by atoms with van der Waals surface area (Å²) in [5, 5.41) is 1.91. The number of thiazole rings is 1. The van der Waals surface area contributed by atoms with Crippen LogP contribution >= 0.6 is 22.9 Å². The van der Waals surface area contributed by atoms with Gasteiger partial charge in [0.1, 0.15) is 0 Å². The molecule has 3 rings (SSSR count). The Bertz CT molecular complexity index is 721. The number of rotatable bonds is 4. The molecular weight excluding hydrogens is 306 g/mol. The van der Waals surface area contributed by atoms with E-state index in [1.807, 2.05) is 0 Å². The van der Waals surface area contributed by atoms with Crippen LogP contribution < -0.4 is 0 Å². The molecule has 8 heteroatoms. The fraction of sp³-hybridized carbons (Fsp3) is 0.545. The van der Waals surface area contributed by atoms with Crippen molar-refractivity contribution in [2.45, 2.75) is 18.4 Å². The number of imidazole rings is 1. The highest BCUT2D eigenvalue weighted by Gasteiger charge is 2.37. The minimum Gasteiger partial charge on any atom is -0.279 e. The maximum Gasteiger partial charge on any atom is 0.262 e. The molecule has 2 unspecified atom stereocenters. The SMILES string of the molecule is CC1CC1CN(C)S(=O)(=O)c1c(Cl)nc2sccn12. The third kappa shape index (κ3) is 2.18. The number of fused-ring (bicyclic) bond motifs is 1. The van der Waals surface area contributed by atoms with Crippen LogP contribution in [0, 0.1) is 11.8 Å². The normalized spacial score (nSPS) is 23.4. The zero-order chi connectivity index (χ0) is 13.8. The van der Waals surface area contributed by atoms with E-state index < -0.39 is 10.0 Å². The summed E-state index contributed by atoms with van der Waals surface area (Å²) in [6.45, 7) is 2.67. The quantitative estimate of drug-likeness (QED) is 0.869. The van der Waals surface area contributed by atoms with Gasteiger partial charge in [-0.25, -0.2) is 13.4 Å². The van der Waals surface area contributed by atoms with Gasteiger partial charge in [-0.15, -0.1) is 11.3 Å². The highest BCUT2D eigenvalue weighted by atomic mass is 35.5. The van der Waals surface area contributed by atoms with Crippen LogP contribution in [0.2, 0.25) is 5.15 Å². The molecule has 0 bridgehead atoms. The predicted molar refractivity (Wildman–Crippen MR) is 75.2 cm³/mol. The number of hydrogen-bond donors (Lipinski definition) is 0. The molecule has 2 aromatic heterocycles. The van der Waals surface area contributed by atoms with Gasteiger partial charge in [-0.1, -0.05) is 18.5 Å². The first kappa shape index (κ1) is 13.4. The monoisotopic (exact) mass is 319 g/mol. The Labute approximate surface area is 120 Å². The van der Waals surface area contributed by atoms with Crippen LogP contribution in [0.25, 0.3) is 4.96 Å². The molecule has 1 aliphatic rings. The van der Waals surface area contributed by atoms with E-state index in [1.54, 1.807) is 18.6 Å². The average molecular weight is 320 g/mol. The molecule has 2 aromatic rings. The molecule has 2 atom stereocenters. The molecule has 19 heavy (non-hydrogen) atoms. The van der Waals surface area contributed by atoms with E-state index in [4.69, 9.17) is 11.6 Å². The van der Waals surface area contributed by atoms with Gasteiger partial charge in [0.05, 0.1) is 0 Å². The lowest BCUT2D eigenvalue weighted by atomic mass is 10.3. The maximum absolute atomic E-state index is 12.6. The van der Waals surface area contributed by atoms with Crippen LogP contribution in [0.3, 0.4) is 0 Å². The molecule has 0 aliphatic heterocycles. The summed E-state index contributed by atoms with van der Waals surface area (Å²) >= 11 is 7.35. The van der Waals surface area contributed by atoms with Crippen molar-refractivity contribution in [3.63, 3.8) is 0 Å². The summed E-state index contributed by atoms with van der Waals surface area (Å²) in [6, 6.07) is 0. The Hall–Kier alpha value is -0.630. The zero-order valence-corrected chi connectivity index (χ0v) is 13.0. The van der Waals surface area contributed by atoms with Crippen LogP contribution in [-0.2, 0) is 10.0 Å². The van der Waals surface area contributed by atoms with Gasteiger partial charge in [0.2, 0.25) is 0 Å². The van der Waals surface area contributed by atoms with Crippen molar-refractivity contribution >= 4 is 37.9 Å². The second-order valence-electron chi connectivity index (χ2n) is 5.02. The van der Waals surface area contributed by atoms with E-state index in [0.29, 0.717) is 23.3 Å². The van der Waals surface area contributed by atoms with Crippen molar-refractivity contribution in [2.24, 2.45) is 11.8 Å². The van der Waals surface area contributed by atoms with Crippen molar-refractivity contribution in [3.05, 3.63) is 16.7 Å². The van der Waals surface area contributed by atoms with Crippen molar-refractivity contribution in [1.82, 2.24) is 13.7 Å². The zero-order valence-electron chi connectivity index (χ0n) is 10.6. The lowest BCUT2D eigenvalue weighted by molar-refractivity contribution is 0.442. The molecule has 1 aliphatic carbocycles. The Morgan fingerprint density at radius 1 is 1.63 bits per heavy atom. The maximum atomic E-state index is 12.6. The Kier molecular flexibility index (Phi) is 3.12. The summed E-state index contributed by atoms with van der Waals surface area (Å²) in [6.07, 6.45) is 2.77. The van der Waals surface area contributed by atoms with Crippen molar-refractivity contribution in [3.8, 4) is 0 Å². The molecule has 0 spiro atoms. The summed E-state index contributed by atoms with van der Waals surface area (Å²) in [7, 11) is -1.99. The lowest BCUT2D eigenvalue weighted by Gasteiger charge is -2.16. The van der Waals surface area contributed by atoms with Crippen LogP contribution in [0.1, 0.15) is 13.3 Å². The fourth-order valence-corrected chi connectivity index (χ4v) is 4.82. The molecular formula is C11H14ClN3O2S2. The van der Waals surface area contributed by atoms with Crippen molar-refractivity contribution < 1.29 is 8.42 Å². The van der Waals surface area contributed by atoms with E-state index in [1.165, 1.54) is 20.0 Å². The Balaban J connectivity index is 1.98. The smallest absolute Gasteiger partial charge is 0.262 e. The summed E-state index contributed by atoms with van der Waals surface area (Å²) in [5.41, 5.74) is 0. The third-order valence-corrected chi connectivity index (χ3v) is 6.58. The van der Waals surface area contributed by atoms with Crippen LogP contribution in [0.4, 0.5) is 0 Å². The second-order valence-corrected chi connectivity index (χ2v) is 8.21. The van der Waals surface area contributed by atoms with Crippen LogP contribution in [0.15, 0.2) is 16.6 Å². The molecule has 2 heterocycles. The summed E-state index contributed by atoms with van der Waals surface area (Å²) < 4.78 is 28.1. The van der Waals surface area contributed by atoms with Crippen molar-refractivity contribution in [2.75, 3.05) is 13.6 Å². The van der Waals surface area contributed by atoms with E-state index in [-0.39, 0.29) is 10.2 Å². The average Bonchev–Trinajstić information content (AvgIpc) is 2.73. The number of sulfonamides is 1. The van der Waals surface area contributed by atoms with Crippen LogP contribution in [0.5, 0.6) is 0 Å². The van der Waals surface area contributed by atoms with Gasteiger partial charge in [0, 0.05) is 25.2 Å². The van der Waals surface area contributed by atoms with E-state index in [9.17, 15) is 8.42 Å². The molecule has 0 saturated heterocycles. The number of aromatic nitrogens is 2. The molecule has 104 valence electrons. The van der Waals surface area contributed by atoms with E-state index in [0.717, 1.165) is 6.42 Å². The van der Waals surface area contributed by atoms with Gasteiger partial charge in [-0.3, -0.25) is 4.40 Å². The Morgan fingerprint density at radius 2 is 2.32 bits per heavy atom. The first-order valence-corrected chi connectivity index (χ1v) is 8.68. The molecule has 1 saturated carbocycles. The topological polar surface area (TPSA) is 54.7 Å². The largest absolute Gasteiger partial charge is 0.279 e. The van der Waals surface area contributed by atoms with Gasteiger partial charge in [-0.2, -0.15) is 4.31 Å². The Morgan fingerprint density at radius 3 is 2.95 bits per heavy atom. The van der Waals surface area contributed by atoms with E-state index in [2.05, 4.69) is 11.9 Å². The first-order chi connectivity index (χ1) is 8.91. The molecule has 0 aromatic carbocycles. The van der Waals surface area contributed by atoms with Gasteiger partial charge >= 0.3 is 0 Å². The van der Waals surface area contributed by atoms with Gasteiger partial charge < -0.3 is 0 Å². The van der Waals surface area contributed by atoms with Gasteiger partial charge in [0.25, 0.3) is 10.0 Å². The number of hydrogen-bond acceptors (Lipinski definition) is 4.